The fraction of sp³-hybridized carbons (Fsp3) is 0.455. The van der Waals surface area contributed by atoms with Gasteiger partial charge in [-0.15, -0.1) is 0 Å². The van der Waals surface area contributed by atoms with Gasteiger partial charge in [0.1, 0.15) is 5.65 Å². The summed E-state index contributed by atoms with van der Waals surface area (Å²) in [5.41, 5.74) is 6.91. The molecule has 0 radical (unpaired) electrons. The van der Waals surface area contributed by atoms with Gasteiger partial charge in [-0.05, 0) is 67.6 Å². The summed E-state index contributed by atoms with van der Waals surface area (Å²) in [6.45, 7) is 5.61. The van der Waals surface area contributed by atoms with Gasteiger partial charge in [0, 0.05) is 55.2 Å². The van der Waals surface area contributed by atoms with Crippen LogP contribution in [-0.4, -0.2) is 32.5 Å². The minimum atomic E-state index is 0.598. The summed E-state index contributed by atoms with van der Waals surface area (Å²) >= 11 is 0. The van der Waals surface area contributed by atoms with E-state index in [9.17, 15) is 0 Å². The monoisotopic (exact) mass is 346 g/mol. The molecule has 4 nitrogen and oxygen atoms in total. The molecule has 0 amide bonds. The average Bonchev–Trinajstić information content (AvgIpc) is 3.00. The minimum Gasteiger partial charge on any atom is -0.329 e. The first-order valence-corrected chi connectivity index (χ1v) is 9.92. The molecule has 0 spiro atoms. The minimum absolute atomic E-state index is 0.598. The predicted octanol–water partition coefficient (Wildman–Crippen LogP) is 4.07. The molecule has 26 heavy (non-hydrogen) atoms. The molecule has 4 heteroatoms. The Morgan fingerprint density at radius 1 is 1.15 bits per heavy atom. The quantitative estimate of drug-likeness (QED) is 0.717. The van der Waals surface area contributed by atoms with Crippen LogP contribution in [0.15, 0.2) is 36.8 Å². The van der Waals surface area contributed by atoms with E-state index in [0.717, 1.165) is 19.4 Å². The molecule has 5 heterocycles. The first-order valence-electron chi connectivity index (χ1n) is 9.92. The highest BCUT2D eigenvalue weighted by atomic mass is 15.2. The molecule has 5 rings (SSSR count). The standard InChI is InChI=1S/C22H26N4/c1-16-14-18-21-19-4-2-3-11-25(19)12-8-20(21)26(22(18)24-15-16)13-7-17-5-9-23-10-6-17/h5-6,9-10,14-15,19H,2-4,7-8,11-13H2,1H3. The molecule has 1 saturated heterocycles. The topological polar surface area (TPSA) is 34.0 Å². The van der Waals surface area contributed by atoms with E-state index in [1.807, 2.05) is 18.6 Å². The Bertz CT molecular complexity index is 928. The highest BCUT2D eigenvalue weighted by Crippen LogP contribution is 2.41. The molecule has 0 N–H and O–H groups in total. The van der Waals surface area contributed by atoms with E-state index in [1.54, 1.807) is 5.56 Å². The highest BCUT2D eigenvalue weighted by molar-refractivity contribution is 5.84. The van der Waals surface area contributed by atoms with Crippen molar-refractivity contribution in [2.24, 2.45) is 0 Å². The van der Waals surface area contributed by atoms with Gasteiger partial charge in [-0.2, -0.15) is 0 Å². The Morgan fingerprint density at radius 3 is 2.92 bits per heavy atom. The van der Waals surface area contributed by atoms with Gasteiger partial charge in [0.05, 0.1) is 0 Å². The Labute approximate surface area is 154 Å². The molecule has 2 aliphatic heterocycles. The Balaban J connectivity index is 1.60. The molecule has 134 valence electrons. The summed E-state index contributed by atoms with van der Waals surface area (Å²) in [6.07, 6.45) is 12.0. The molecule has 0 bridgehead atoms. The van der Waals surface area contributed by atoms with Gasteiger partial charge in [-0.3, -0.25) is 9.88 Å². The van der Waals surface area contributed by atoms with Crippen LogP contribution in [0.1, 0.15) is 47.7 Å². The van der Waals surface area contributed by atoms with Gasteiger partial charge in [0.25, 0.3) is 0 Å². The molecule has 0 aromatic carbocycles. The average molecular weight is 346 g/mol. The van der Waals surface area contributed by atoms with Gasteiger partial charge in [-0.1, -0.05) is 6.42 Å². The second-order valence-corrected chi connectivity index (χ2v) is 7.80. The molecule has 0 aliphatic carbocycles. The summed E-state index contributed by atoms with van der Waals surface area (Å²) in [4.78, 5) is 11.7. The molecule has 0 saturated carbocycles. The summed E-state index contributed by atoms with van der Waals surface area (Å²) in [5.74, 6) is 0. The van der Waals surface area contributed by atoms with Crippen LogP contribution in [0.25, 0.3) is 11.0 Å². The van der Waals surface area contributed by atoms with Crippen LogP contribution in [0.3, 0.4) is 0 Å². The lowest BCUT2D eigenvalue weighted by atomic mass is 9.89. The Kier molecular flexibility index (Phi) is 4.01. The second kappa shape index (κ2) is 6.51. The lowest BCUT2D eigenvalue weighted by Crippen LogP contribution is -2.39. The van der Waals surface area contributed by atoms with Crippen LogP contribution in [0.2, 0.25) is 0 Å². The summed E-state index contributed by atoms with van der Waals surface area (Å²) in [5, 5.41) is 1.39. The van der Waals surface area contributed by atoms with E-state index in [-0.39, 0.29) is 0 Å². The zero-order chi connectivity index (χ0) is 17.5. The Morgan fingerprint density at radius 2 is 2.04 bits per heavy atom. The lowest BCUT2D eigenvalue weighted by molar-refractivity contribution is 0.138. The molecule has 3 aromatic heterocycles. The summed E-state index contributed by atoms with van der Waals surface area (Å²) in [7, 11) is 0. The molecule has 1 fully saturated rings. The van der Waals surface area contributed by atoms with Crippen molar-refractivity contribution in [2.75, 3.05) is 13.1 Å². The van der Waals surface area contributed by atoms with E-state index in [4.69, 9.17) is 4.98 Å². The molecule has 2 aliphatic rings. The van der Waals surface area contributed by atoms with Gasteiger partial charge in [0.15, 0.2) is 0 Å². The third-order valence-corrected chi connectivity index (χ3v) is 6.14. The molecule has 3 aromatic rings. The van der Waals surface area contributed by atoms with Crippen LogP contribution in [0.4, 0.5) is 0 Å². The fourth-order valence-electron chi connectivity index (χ4n) is 4.91. The van der Waals surface area contributed by atoms with Crippen molar-refractivity contribution >= 4 is 11.0 Å². The normalized spacial score (nSPS) is 20.1. The fourth-order valence-corrected chi connectivity index (χ4v) is 4.91. The van der Waals surface area contributed by atoms with Crippen molar-refractivity contribution in [3.63, 3.8) is 0 Å². The van der Waals surface area contributed by atoms with Crippen LogP contribution >= 0.6 is 0 Å². The SMILES string of the molecule is Cc1cnc2c(c1)c1c(n2CCc2ccncc2)CCN2CCCCC12. The van der Waals surface area contributed by atoms with E-state index < -0.39 is 0 Å². The largest absolute Gasteiger partial charge is 0.329 e. The number of hydrogen-bond donors (Lipinski definition) is 0. The van der Waals surface area contributed by atoms with Gasteiger partial charge in [-0.25, -0.2) is 4.98 Å². The molecule has 1 unspecified atom stereocenters. The van der Waals surface area contributed by atoms with E-state index in [0.29, 0.717) is 6.04 Å². The number of nitrogens with zero attached hydrogens (tertiary/aromatic N) is 4. The van der Waals surface area contributed by atoms with Crippen molar-refractivity contribution in [3.05, 3.63) is 59.2 Å². The highest BCUT2D eigenvalue weighted by Gasteiger charge is 2.34. The van der Waals surface area contributed by atoms with Gasteiger partial charge in [0.2, 0.25) is 0 Å². The predicted molar refractivity (Wildman–Crippen MR) is 104 cm³/mol. The number of aromatic nitrogens is 3. The third-order valence-electron chi connectivity index (χ3n) is 6.14. The Hall–Kier alpha value is -2.20. The van der Waals surface area contributed by atoms with E-state index >= 15 is 0 Å². The summed E-state index contributed by atoms with van der Waals surface area (Å²) < 4.78 is 2.51. The molecule has 1 atom stereocenters. The number of hydrogen-bond acceptors (Lipinski definition) is 3. The first kappa shape index (κ1) is 16.0. The maximum absolute atomic E-state index is 4.87. The smallest absolute Gasteiger partial charge is 0.140 e. The van der Waals surface area contributed by atoms with E-state index in [2.05, 4.69) is 39.6 Å². The van der Waals surface area contributed by atoms with Crippen molar-refractivity contribution in [2.45, 2.75) is 51.6 Å². The maximum atomic E-state index is 4.87. The van der Waals surface area contributed by atoms with Crippen LogP contribution in [-0.2, 0) is 19.4 Å². The van der Waals surface area contributed by atoms with Crippen LogP contribution < -0.4 is 0 Å². The van der Waals surface area contributed by atoms with Crippen LogP contribution in [0, 0.1) is 6.92 Å². The molecular weight excluding hydrogens is 320 g/mol. The molecular formula is C22H26N4. The number of aryl methyl sites for hydroxylation is 3. The maximum Gasteiger partial charge on any atom is 0.140 e. The summed E-state index contributed by atoms with van der Waals surface area (Å²) in [6, 6.07) is 7.21. The number of piperidine rings is 1. The lowest BCUT2D eigenvalue weighted by Gasteiger charge is -2.39. The number of rotatable bonds is 3. The van der Waals surface area contributed by atoms with Crippen molar-refractivity contribution in [1.29, 1.82) is 0 Å². The zero-order valence-corrected chi connectivity index (χ0v) is 15.5. The van der Waals surface area contributed by atoms with Crippen molar-refractivity contribution in [3.8, 4) is 0 Å². The van der Waals surface area contributed by atoms with Crippen molar-refractivity contribution in [1.82, 2.24) is 19.4 Å². The van der Waals surface area contributed by atoms with Gasteiger partial charge < -0.3 is 4.57 Å². The van der Waals surface area contributed by atoms with E-state index in [1.165, 1.54) is 60.2 Å². The van der Waals surface area contributed by atoms with Crippen LogP contribution in [0.5, 0.6) is 0 Å². The number of pyridine rings is 2. The first-order chi connectivity index (χ1) is 12.8. The van der Waals surface area contributed by atoms with Gasteiger partial charge >= 0.3 is 0 Å². The third kappa shape index (κ3) is 2.64. The van der Waals surface area contributed by atoms with Crippen molar-refractivity contribution < 1.29 is 0 Å². The number of fused-ring (bicyclic) bond motifs is 5. The second-order valence-electron chi connectivity index (χ2n) is 7.80. The zero-order valence-electron chi connectivity index (χ0n) is 15.5.